The number of hydrogen-bond donors (Lipinski definition) is 1. The molecule has 6 nitrogen and oxygen atoms in total. The molecule has 6 heteroatoms. The first kappa shape index (κ1) is 18.4. The summed E-state index contributed by atoms with van der Waals surface area (Å²) in [6, 6.07) is 9.61. The molecule has 0 aromatic heterocycles. The summed E-state index contributed by atoms with van der Waals surface area (Å²) in [4.78, 5) is 29.8. The van der Waals surface area contributed by atoms with Gasteiger partial charge in [0.15, 0.2) is 0 Å². The second-order valence-electron chi connectivity index (χ2n) is 7.92. The number of rotatable bonds is 5. The van der Waals surface area contributed by atoms with Gasteiger partial charge in [0.2, 0.25) is 11.8 Å². The van der Waals surface area contributed by atoms with E-state index in [2.05, 4.69) is 10.2 Å². The highest BCUT2D eigenvalue weighted by Gasteiger charge is 2.42. The molecule has 1 atom stereocenters. The van der Waals surface area contributed by atoms with Crippen molar-refractivity contribution in [2.24, 2.45) is 5.92 Å². The van der Waals surface area contributed by atoms with Crippen LogP contribution in [0.2, 0.25) is 0 Å². The molecule has 2 amide bonds. The quantitative estimate of drug-likeness (QED) is 0.802. The van der Waals surface area contributed by atoms with Crippen LogP contribution in [-0.2, 0) is 14.3 Å². The van der Waals surface area contributed by atoms with Crippen LogP contribution < -0.4 is 10.2 Å². The Morgan fingerprint density at radius 2 is 1.81 bits per heavy atom. The molecule has 0 bridgehead atoms. The summed E-state index contributed by atoms with van der Waals surface area (Å²) >= 11 is 0. The van der Waals surface area contributed by atoms with Crippen LogP contribution >= 0.6 is 0 Å². The number of amides is 2. The van der Waals surface area contributed by atoms with Crippen molar-refractivity contribution in [1.82, 2.24) is 10.2 Å². The molecule has 2 aliphatic heterocycles. The number of carbonyl (C=O) groups is 2. The van der Waals surface area contributed by atoms with E-state index in [9.17, 15) is 9.59 Å². The van der Waals surface area contributed by atoms with Crippen LogP contribution in [0.3, 0.4) is 0 Å². The molecular formula is C21H29N3O3. The monoisotopic (exact) mass is 371 g/mol. The molecule has 2 heterocycles. The summed E-state index contributed by atoms with van der Waals surface area (Å²) in [5.74, 6) is -0.753. The van der Waals surface area contributed by atoms with Gasteiger partial charge in [0.05, 0.1) is 13.2 Å². The fourth-order valence-corrected chi connectivity index (χ4v) is 4.84. The number of nitrogens with zero attached hydrogens (tertiary/aromatic N) is 2. The minimum atomic E-state index is -0.562. The van der Waals surface area contributed by atoms with Crippen LogP contribution in [0.4, 0.5) is 5.69 Å². The number of hydrogen-bond acceptors (Lipinski definition) is 4. The lowest BCUT2D eigenvalue weighted by Crippen LogP contribution is -2.58. The standard InChI is InChI=1S/C21H29N3O3/c25-19(18-8-11-24(20(18)26)17-6-2-1-3-7-17)22-16-21(9-4-5-10-21)23-12-14-27-15-13-23/h1-3,6-7,18H,4-5,8-16H2,(H,22,25). The summed E-state index contributed by atoms with van der Waals surface area (Å²) in [7, 11) is 0. The molecule has 1 aromatic carbocycles. The first-order valence-electron chi connectivity index (χ1n) is 10.2. The van der Waals surface area contributed by atoms with Crippen molar-refractivity contribution < 1.29 is 14.3 Å². The third-order valence-corrected chi connectivity index (χ3v) is 6.40. The van der Waals surface area contributed by atoms with Gasteiger partial charge in [0.1, 0.15) is 5.92 Å². The average molecular weight is 371 g/mol. The van der Waals surface area contributed by atoms with Crippen molar-refractivity contribution in [3.63, 3.8) is 0 Å². The van der Waals surface area contributed by atoms with Crippen molar-refractivity contribution in [2.45, 2.75) is 37.6 Å². The van der Waals surface area contributed by atoms with Crippen molar-refractivity contribution in [2.75, 3.05) is 44.3 Å². The number of ether oxygens (including phenoxy) is 1. The number of para-hydroxylation sites is 1. The second-order valence-corrected chi connectivity index (χ2v) is 7.92. The lowest BCUT2D eigenvalue weighted by Gasteiger charge is -2.43. The van der Waals surface area contributed by atoms with E-state index in [0.29, 0.717) is 19.5 Å². The normalized spacial score (nSPS) is 25.7. The van der Waals surface area contributed by atoms with Crippen molar-refractivity contribution in [3.8, 4) is 0 Å². The average Bonchev–Trinajstić information content (AvgIpc) is 3.35. The highest BCUT2D eigenvalue weighted by molar-refractivity contribution is 6.09. The Bertz CT molecular complexity index is 667. The Morgan fingerprint density at radius 3 is 2.52 bits per heavy atom. The maximum Gasteiger partial charge on any atom is 0.239 e. The van der Waals surface area contributed by atoms with Crippen molar-refractivity contribution in [1.29, 1.82) is 0 Å². The summed E-state index contributed by atoms with van der Waals surface area (Å²) in [6.45, 7) is 4.64. The van der Waals surface area contributed by atoms with Crippen LogP contribution in [0.25, 0.3) is 0 Å². The van der Waals surface area contributed by atoms with Crippen LogP contribution in [0, 0.1) is 5.92 Å². The van der Waals surface area contributed by atoms with Gasteiger partial charge in [-0.1, -0.05) is 31.0 Å². The van der Waals surface area contributed by atoms with E-state index < -0.39 is 5.92 Å². The third kappa shape index (κ3) is 3.73. The zero-order valence-corrected chi connectivity index (χ0v) is 15.9. The zero-order valence-electron chi connectivity index (χ0n) is 15.9. The maximum atomic E-state index is 12.8. The molecule has 0 radical (unpaired) electrons. The van der Waals surface area contributed by atoms with E-state index >= 15 is 0 Å². The SMILES string of the molecule is O=C(NCC1(N2CCOCC2)CCCC1)C1CCN(c2ccccc2)C1=O. The molecule has 2 saturated heterocycles. The van der Waals surface area contributed by atoms with Gasteiger partial charge in [-0.3, -0.25) is 14.5 Å². The smallest absolute Gasteiger partial charge is 0.239 e. The van der Waals surface area contributed by atoms with E-state index in [1.54, 1.807) is 4.90 Å². The van der Waals surface area contributed by atoms with Crippen LogP contribution in [0.15, 0.2) is 30.3 Å². The summed E-state index contributed by atoms with van der Waals surface area (Å²) in [5.41, 5.74) is 0.915. The van der Waals surface area contributed by atoms with Crippen LogP contribution in [0.1, 0.15) is 32.1 Å². The molecule has 3 aliphatic rings. The first-order valence-corrected chi connectivity index (χ1v) is 10.2. The molecule has 27 heavy (non-hydrogen) atoms. The Hall–Kier alpha value is -1.92. The molecule has 146 valence electrons. The van der Waals surface area contributed by atoms with Gasteiger partial charge < -0.3 is 15.0 Å². The predicted molar refractivity (Wildman–Crippen MR) is 104 cm³/mol. The van der Waals surface area contributed by atoms with Gasteiger partial charge in [0.25, 0.3) is 0 Å². The van der Waals surface area contributed by atoms with Gasteiger partial charge in [-0.15, -0.1) is 0 Å². The fraction of sp³-hybridized carbons (Fsp3) is 0.619. The number of benzene rings is 1. The largest absolute Gasteiger partial charge is 0.379 e. The number of morpholine rings is 1. The molecule has 1 saturated carbocycles. The van der Waals surface area contributed by atoms with E-state index in [0.717, 1.165) is 44.8 Å². The maximum absolute atomic E-state index is 12.8. The Labute approximate surface area is 160 Å². The van der Waals surface area contributed by atoms with Gasteiger partial charge in [0, 0.05) is 37.4 Å². The summed E-state index contributed by atoms with van der Waals surface area (Å²) < 4.78 is 5.50. The van der Waals surface area contributed by atoms with Crippen LogP contribution in [0.5, 0.6) is 0 Å². The molecule has 1 unspecified atom stereocenters. The molecule has 1 aromatic rings. The number of nitrogens with one attached hydrogen (secondary N) is 1. The van der Waals surface area contributed by atoms with E-state index in [4.69, 9.17) is 4.74 Å². The van der Waals surface area contributed by atoms with Gasteiger partial charge in [-0.05, 0) is 31.4 Å². The number of carbonyl (C=O) groups excluding carboxylic acids is 2. The minimum Gasteiger partial charge on any atom is -0.379 e. The molecule has 1 N–H and O–H groups in total. The van der Waals surface area contributed by atoms with Crippen molar-refractivity contribution in [3.05, 3.63) is 30.3 Å². The van der Waals surface area contributed by atoms with E-state index in [1.165, 1.54) is 12.8 Å². The lowest BCUT2D eigenvalue weighted by atomic mass is 9.93. The van der Waals surface area contributed by atoms with Gasteiger partial charge in [-0.2, -0.15) is 0 Å². The minimum absolute atomic E-state index is 0.0419. The predicted octanol–water partition coefficient (Wildman–Crippen LogP) is 1.80. The fourth-order valence-electron chi connectivity index (χ4n) is 4.84. The Balaban J connectivity index is 1.38. The highest BCUT2D eigenvalue weighted by Crippen LogP contribution is 2.35. The van der Waals surface area contributed by atoms with Crippen molar-refractivity contribution >= 4 is 17.5 Å². The molecule has 0 spiro atoms. The van der Waals surface area contributed by atoms with Gasteiger partial charge in [-0.25, -0.2) is 0 Å². The molecular weight excluding hydrogens is 342 g/mol. The number of anilines is 1. The lowest BCUT2D eigenvalue weighted by molar-refractivity contribution is -0.132. The van der Waals surface area contributed by atoms with E-state index in [-0.39, 0.29) is 17.4 Å². The van der Waals surface area contributed by atoms with Gasteiger partial charge >= 0.3 is 0 Å². The van der Waals surface area contributed by atoms with Crippen LogP contribution in [-0.4, -0.2) is 61.6 Å². The second kappa shape index (κ2) is 7.98. The summed E-state index contributed by atoms with van der Waals surface area (Å²) in [6.07, 6.45) is 5.23. The molecule has 4 rings (SSSR count). The Morgan fingerprint density at radius 1 is 1.11 bits per heavy atom. The highest BCUT2D eigenvalue weighted by atomic mass is 16.5. The Kier molecular flexibility index (Phi) is 5.45. The topological polar surface area (TPSA) is 61.9 Å². The zero-order chi connectivity index (χ0) is 18.7. The first-order chi connectivity index (χ1) is 13.2. The molecule has 3 fully saturated rings. The molecule has 1 aliphatic carbocycles. The third-order valence-electron chi connectivity index (χ3n) is 6.40. The van der Waals surface area contributed by atoms with E-state index in [1.807, 2.05) is 30.3 Å². The summed E-state index contributed by atoms with van der Waals surface area (Å²) in [5, 5.41) is 3.14.